The second-order valence-electron chi connectivity index (χ2n) is 5.91. The fourth-order valence-electron chi connectivity index (χ4n) is 3.00. The topological polar surface area (TPSA) is 37.8 Å². The zero-order valence-corrected chi connectivity index (χ0v) is 15.8. The first-order chi connectivity index (χ1) is 12.1. The molecule has 1 aromatic carbocycles. The third-order valence-electron chi connectivity index (χ3n) is 4.31. The monoisotopic (exact) mass is 381 g/mol. The molecule has 25 heavy (non-hydrogen) atoms. The predicted molar refractivity (Wildman–Crippen MR) is 101 cm³/mol. The molecule has 2 heterocycles. The van der Waals surface area contributed by atoms with Gasteiger partial charge in [0.1, 0.15) is 5.82 Å². The summed E-state index contributed by atoms with van der Waals surface area (Å²) in [6.07, 6.45) is 1.64. The number of anilines is 1. The van der Waals surface area contributed by atoms with Crippen LogP contribution in [0.3, 0.4) is 0 Å². The van der Waals surface area contributed by atoms with Gasteiger partial charge in [-0.15, -0.1) is 0 Å². The van der Waals surface area contributed by atoms with E-state index in [0.717, 1.165) is 50.0 Å². The second kappa shape index (κ2) is 8.13. The molecule has 1 aliphatic heterocycles. The summed E-state index contributed by atoms with van der Waals surface area (Å²) in [6.45, 7) is 4.50. The lowest BCUT2D eigenvalue weighted by Crippen LogP contribution is -2.46. The van der Waals surface area contributed by atoms with Gasteiger partial charge in [-0.05, 0) is 23.8 Å². The number of benzene rings is 1. The molecule has 5 nitrogen and oxygen atoms in total. The summed E-state index contributed by atoms with van der Waals surface area (Å²) in [7, 11) is 3.30. The Labute approximate surface area is 158 Å². The van der Waals surface area contributed by atoms with E-state index in [1.807, 2.05) is 12.1 Å². The summed E-state index contributed by atoms with van der Waals surface area (Å²) in [5.41, 5.74) is 1.20. The molecule has 0 unspecified atom stereocenters. The Morgan fingerprint density at radius 1 is 1.00 bits per heavy atom. The highest BCUT2D eigenvalue weighted by atomic mass is 35.5. The normalized spacial score (nSPS) is 15.3. The lowest BCUT2D eigenvalue weighted by molar-refractivity contribution is 0.248. The first-order valence-electron chi connectivity index (χ1n) is 8.10. The van der Waals surface area contributed by atoms with Gasteiger partial charge in [0.2, 0.25) is 0 Å². The molecular formula is C18H21Cl2N3O2. The van der Waals surface area contributed by atoms with E-state index in [2.05, 4.69) is 20.9 Å². The van der Waals surface area contributed by atoms with Crippen molar-refractivity contribution in [2.45, 2.75) is 6.54 Å². The molecule has 2 aromatic rings. The molecule has 1 aliphatic rings. The minimum atomic E-state index is 0.556. The van der Waals surface area contributed by atoms with Crippen LogP contribution in [0.15, 0.2) is 30.5 Å². The van der Waals surface area contributed by atoms with Crippen molar-refractivity contribution in [3.63, 3.8) is 0 Å². The van der Waals surface area contributed by atoms with Crippen molar-refractivity contribution in [3.05, 3.63) is 46.1 Å². The fraction of sp³-hybridized carbons (Fsp3) is 0.389. The van der Waals surface area contributed by atoms with E-state index in [0.29, 0.717) is 10.0 Å². The number of hydrogen-bond acceptors (Lipinski definition) is 5. The summed E-state index contributed by atoms with van der Waals surface area (Å²) in [5.74, 6) is 2.31. The van der Waals surface area contributed by atoms with Crippen LogP contribution in [0.4, 0.5) is 5.82 Å². The molecule has 1 aromatic heterocycles. The molecule has 0 atom stereocenters. The molecule has 0 bridgehead atoms. The van der Waals surface area contributed by atoms with Crippen LogP contribution in [0.5, 0.6) is 11.5 Å². The Hall–Kier alpha value is -1.69. The summed E-state index contributed by atoms with van der Waals surface area (Å²) >= 11 is 12.2. The number of ether oxygens (including phenoxy) is 2. The molecule has 0 amide bonds. The van der Waals surface area contributed by atoms with Gasteiger partial charge >= 0.3 is 0 Å². The molecule has 0 spiro atoms. The van der Waals surface area contributed by atoms with Crippen molar-refractivity contribution in [2.75, 3.05) is 45.3 Å². The van der Waals surface area contributed by atoms with Crippen molar-refractivity contribution in [3.8, 4) is 11.5 Å². The minimum Gasteiger partial charge on any atom is -0.493 e. The number of hydrogen-bond donors (Lipinski definition) is 0. The zero-order chi connectivity index (χ0) is 17.8. The molecule has 0 aliphatic carbocycles. The summed E-state index contributed by atoms with van der Waals surface area (Å²) in [5, 5.41) is 1.15. The Kier molecular flexibility index (Phi) is 5.89. The number of piperazine rings is 1. The van der Waals surface area contributed by atoms with Gasteiger partial charge in [-0.25, -0.2) is 4.98 Å². The quantitative estimate of drug-likeness (QED) is 0.788. The fourth-order valence-corrected chi connectivity index (χ4v) is 3.49. The SMILES string of the molecule is COc1ccc(CN2CCN(c3ncc(Cl)cc3Cl)CC2)cc1OC. The van der Waals surface area contributed by atoms with Gasteiger partial charge in [-0.1, -0.05) is 29.3 Å². The van der Waals surface area contributed by atoms with Crippen molar-refractivity contribution < 1.29 is 9.47 Å². The van der Waals surface area contributed by atoms with Crippen LogP contribution >= 0.6 is 23.2 Å². The summed E-state index contributed by atoms with van der Waals surface area (Å²) < 4.78 is 10.7. The number of aromatic nitrogens is 1. The van der Waals surface area contributed by atoms with Gasteiger partial charge in [0, 0.05) is 38.9 Å². The van der Waals surface area contributed by atoms with Crippen LogP contribution in [0, 0.1) is 0 Å². The lowest BCUT2D eigenvalue weighted by Gasteiger charge is -2.35. The molecule has 0 radical (unpaired) electrons. The molecule has 0 saturated carbocycles. The Balaban J connectivity index is 1.61. The minimum absolute atomic E-state index is 0.556. The molecule has 7 heteroatoms. The van der Waals surface area contributed by atoms with E-state index >= 15 is 0 Å². The van der Waals surface area contributed by atoms with Crippen molar-refractivity contribution in [1.82, 2.24) is 9.88 Å². The molecular weight excluding hydrogens is 361 g/mol. The maximum absolute atomic E-state index is 6.26. The van der Waals surface area contributed by atoms with Gasteiger partial charge in [0.05, 0.1) is 24.3 Å². The van der Waals surface area contributed by atoms with Crippen molar-refractivity contribution >= 4 is 29.0 Å². The highest BCUT2D eigenvalue weighted by Gasteiger charge is 2.20. The number of halogens is 2. The third kappa shape index (κ3) is 4.29. The van der Waals surface area contributed by atoms with Crippen LogP contribution < -0.4 is 14.4 Å². The Morgan fingerprint density at radius 2 is 1.72 bits per heavy atom. The number of rotatable bonds is 5. The number of pyridine rings is 1. The molecule has 1 saturated heterocycles. The number of methoxy groups -OCH3 is 2. The average Bonchev–Trinajstić information content (AvgIpc) is 2.62. The first kappa shape index (κ1) is 18.1. The Bertz CT molecular complexity index is 734. The van der Waals surface area contributed by atoms with E-state index in [9.17, 15) is 0 Å². The highest BCUT2D eigenvalue weighted by Crippen LogP contribution is 2.29. The van der Waals surface area contributed by atoms with E-state index < -0.39 is 0 Å². The van der Waals surface area contributed by atoms with Crippen LogP contribution in [0.2, 0.25) is 10.0 Å². The van der Waals surface area contributed by atoms with E-state index in [1.54, 1.807) is 26.5 Å². The largest absolute Gasteiger partial charge is 0.493 e. The first-order valence-corrected chi connectivity index (χ1v) is 8.85. The van der Waals surface area contributed by atoms with Gasteiger partial charge in [0.25, 0.3) is 0 Å². The molecule has 0 N–H and O–H groups in total. The zero-order valence-electron chi connectivity index (χ0n) is 14.3. The summed E-state index contributed by atoms with van der Waals surface area (Å²) in [4.78, 5) is 8.97. The van der Waals surface area contributed by atoms with E-state index in [4.69, 9.17) is 32.7 Å². The third-order valence-corrected chi connectivity index (χ3v) is 4.80. The van der Waals surface area contributed by atoms with E-state index in [1.165, 1.54) is 5.56 Å². The highest BCUT2D eigenvalue weighted by molar-refractivity contribution is 6.36. The molecule has 3 rings (SSSR count). The maximum Gasteiger partial charge on any atom is 0.161 e. The van der Waals surface area contributed by atoms with Crippen molar-refractivity contribution in [2.24, 2.45) is 0 Å². The molecule has 134 valence electrons. The van der Waals surface area contributed by atoms with Crippen LogP contribution in [-0.4, -0.2) is 50.3 Å². The van der Waals surface area contributed by atoms with Crippen molar-refractivity contribution in [1.29, 1.82) is 0 Å². The predicted octanol–water partition coefficient (Wildman–Crippen LogP) is 3.73. The number of nitrogens with zero attached hydrogens (tertiary/aromatic N) is 3. The van der Waals surface area contributed by atoms with Gasteiger partial charge in [-0.3, -0.25) is 4.90 Å². The average molecular weight is 382 g/mol. The maximum atomic E-state index is 6.26. The Morgan fingerprint density at radius 3 is 2.36 bits per heavy atom. The van der Waals surface area contributed by atoms with Crippen LogP contribution in [0.1, 0.15) is 5.56 Å². The van der Waals surface area contributed by atoms with Gasteiger partial charge in [0.15, 0.2) is 11.5 Å². The lowest BCUT2D eigenvalue weighted by atomic mass is 10.1. The van der Waals surface area contributed by atoms with Gasteiger partial charge in [-0.2, -0.15) is 0 Å². The second-order valence-corrected chi connectivity index (χ2v) is 6.76. The standard InChI is InChI=1S/C18H21Cl2N3O2/c1-24-16-4-3-13(9-17(16)25-2)12-22-5-7-23(8-6-22)18-15(20)10-14(19)11-21-18/h3-4,9-11H,5-8,12H2,1-2H3. The van der Waals surface area contributed by atoms with Gasteiger partial charge < -0.3 is 14.4 Å². The summed E-state index contributed by atoms with van der Waals surface area (Å²) in [6, 6.07) is 7.79. The molecule has 1 fully saturated rings. The van der Waals surface area contributed by atoms with Crippen LogP contribution in [-0.2, 0) is 6.54 Å². The van der Waals surface area contributed by atoms with E-state index in [-0.39, 0.29) is 0 Å². The van der Waals surface area contributed by atoms with Crippen LogP contribution in [0.25, 0.3) is 0 Å². The smallest absolute Gasteiger partial charge is 0.161 e.